The molecule has 3 nitrogen and oxygen atoms in total. The maximum absolute atomic E-state index is 7.14. The number of nitrogens with two attached hydrogens (primary N) is 1. The number of amidine groups is 1. The van der Waals surface area contributed by atoms with E-state index in [0.717, 1.165) is 18.8 Å². The third-order valence-electron chi connectivity index (χ3n) is 3.28. The highest BCUT2D eigenvalue weighted by Gasteiger charge is 2.12. The molecule has 3 N–H and O–H groups in total. The number of unbranched alkanes of at least 4 members (excludes halogenated alkanes) is 1. The fourth-order valence-electron chi connectivity index (χ4n) is 2.20. The summed E-state index contributed by atoms with van der Waals surface area (Å²) in [5, 5.41) is 7.14. The molecule has 15 heavy (non-hydrogen) atoms. The lowest BCUT2D eigenvalue weighted by Crippen LogP contribution is -2.26. The normalized spacial score (nSPS) is 23.7. The van der Waals surface area contributed by atoms with Gasteiger partial charge in [-0.3, -0.25) is 5.41 Å². The van der Waals surface area contributed by atoms with Crippen molar-refractivity contribution in [3.05, 3.63) is 0 Å². The molecule has 0 aliphatic carbocycles. The highest BCUT2D eigenvalue weighted by molar-refractivity contribution is 5.76. The summed E-state index contributed by atoms with van der Waals surface area (Å²) in [6.45, 7) is 6.09. The summed E-state index contributed by atoms with van der Waals surface area (Å²) in [6.07, 6.45) is 7.13. The molecule has 0 bridgehead atoms. The van der Waals surface area contributed by atoms with E-state index in [1.165, 1.54) is 45.3 Å². The van der Waals surface area contributed by atoms with Gasteiger partial charge < -0.3 is 10.6 Å². The minimum atomic E-state index is 0.333. The van der Waals surface area contributed by atoms with Gasteiger partial charge in [0, 0.05) is 6.42 Å². The molecule has 88 valence electrons. The fraction of sp³-hybridized carbons (Fsp3) is 0.917. The smallest absolute Gasteiger partial charge is 0.0905 e. The molecule has 0 spiro atoms. The summed E-state index contributed by atoms with van der Waals surface area (Å²) < 4.78 is 0. The Bertz CT molecular complexity index is 191. The number of hydrogen-bond donors (Lipinski definition) is 2. The van der Waals surface area contributed by atoms with Crippen molar-refractivity contribution in [1.82, 2.24) is 4.90 Å². The topological polar surface area (TPSA) is 53.1 Å². The number of likely N-dealkylation sites (tertiary alicyclic amines) is 1. The molecule has 1 unspecified atom stereocenters. The van der Waals surface area contributed by atoms with Gasteiger partial charge >= 0.3 is 0 Å². The van der Waals surface area contributed by atoms with Crippen molar-refractivity contribution in [2.75, 3.05) is 19.6 Å². The predicted molar refractivity (Wildman–Crippen MR) is 65.2 cm³/mol. The SMILES string of the molecule is CC1CCCN(CCCCC(=N)N)CC1. The van der Waals surface area contributed by atoms with Crippen LogP contribution in [0.2, 0.25) is 0 Å². The molecule has 1 fully saturated rings. The van der Waals surface area contributed by atoms with Crippen molar-refractivity contribution in [3.63, 3.8) is 0 Å². The van der Waals surface area contributed by atoms with Crippen molar-refractivity contribution in [2.45, 2.75) is 45.4 Å². The van der Waals surface area contributed by atoms with Crippen molar-refractivity contribution < 1.29 is 0 Å². The van der Waals surface area contributed by atoms with E-state index in [1.807, 2.05) is 0 Å². The van der Waals surface area contributed by atoms with Gasteiger partial charge in [0.1, 0.15) is 0 Å². The van der Waals surface area contributed by atoms with E-state index in [0.29, 0.717) is 5.84 Å². The average molecular weight is 211 g/mol. The molecular weight excluding hydrogens is 186 g/mol. The second-order valence-corrected chi connectivity index (χ2v) is 4.86. The Morgan fingerprint density at radius 2 is 2.13 bits per heavy atom. The van der Waals surface area contributed by atoms with Crippen LogP contribution in [0.5, 0.6) is 0 Å². The lowest BCUT2D eigenvalue weighted by atomic mass is 10.0. The molecule has 1 heterocycles. The summed E-state index contributed by atoms with van der Waals surface area (Å²) in [7, 11) is 0. The average Bonchev–Trinajstić information content (AvgIpc) is 2.38. The van der Waals surface area contributed by atoms with E-state index in [-0.39, 0.29) is 0 Å². The van der Waals surface area contributed by atoms with Crippen LogP contribution in [0, 0.1) is 11.3 Å². The lowest BCUT2D eigenvalue weighted by molar-refractivity contribution is 0.276. The van der Waals surface area contributed by atoms with Crippen LogP contribution in [-0.4, -0.2) is 30.4 Å². The van der Waals surface area contributed by atoms with Crippen LogP contribution in [0.3, 0.4) is 0 Å². The molecule has 3 heteroatoms. The highest BCUT2D eigenvalue weighted by atomic mass is 15.1. The van der Waals surface area contributed by atoms with Crippen LogP contribution in [0.4, 0.5) is 0 Å². The summed E-state index contributed by atoms with van der Waals surface area (Å²) in [4.78, 5) is 2.57. The Kier molecular flexibility index (Phi) is 5.69. The number of nitrogens with zero attached hydrogens (tertiary/aromatic N) is 1. The van der Waals surface area contributed by atoms with Gasteiger partial charge in [0.05, 0.1) is 5.84 Å². The molecule has 0 aromatic heterocycles. The van der Waals surface area contributed by atoms with Crippen LogP contribution in [0.1, 0.15) is 45.4 Å². The van der Waals surface area contributed by atoms with Crippen LogP contribution in [0.15, 0.2) is 0 Å². The Labute approximate surface area is 93.5 Å². The second-order valence-electron chi connectivity index (χ2n) is 4.86. The molecule has 1 aliphatic heterocycles. The molecule has 1 saturated heterocycles. The quantitative estimate of drug-likeness (QED) is 0.416. The van der Waals surface area contributed by atoms with E-state index >= 15 is 0 Å². The van der Waals surface area contributed by atoms with E-state index in [4.69, 9.17) is 11.1 Å². The molecule has 0 saturated carbocycles. The summed E-state index contributed by atoms with van der Waals surface area (Å²) in [5.41, 5.74) is 5.32. The fourth-order valence-corrected chi connectivity index (χ4v) is 2.20. The third-order valence-corrected chi connectivity index (χ3v) is 3.28. The Morgan fingerprint density at radius 1 is 1.33 bits per heavy atom. The zero-order valence-electron chi connectivity index (χ0n) is 9.97. The summed E-state index contributed by atoms with van der Waals surface area (Å²) in [6, 6.07) is 0. The first-order valence-electron chi connectivity index (χ1n) is 6.23. The summed E-state index contributed by atoms with van der Waals surface area (Å²) >= 11 is 0. The number of rotatable bonds is 5. The molecule has 0 radical (unpaired) electrons. The van der Waals surface area contributed by atoms with Crippen molar-refractivity contribution >= 4 is 5.84 Å². The first kappa shape index (κ1) is 12.5. The second kappa shape index (κ2) is 6.83. The van der Waals surface area contributed by atoms with Gasteiger partial charge in [0.2, 0.25) is 0 Å². The standard InChI is InChI=1S/C12H25N3/c1-11-5-4-9-15(10-7-11)8-3-2-6-12(13)14/h11H,2-10H2,1H3,(H3,13,14). The molecule has 1 atom stereocenters. The van der Waals surface area contributed by atoms with Crippen LogP contribution in [0.25, 0.3) is 0 Å². The van der Waals surface area contributed by atoms with Gasteiger partial charge in [-0.2, -0.15) is 0 Å². The minimum Gasteiger partial charge on any atom is -0.388 e. The zero-order valence-corrected chi connectivity index (χ0v) is 9.97. The Balaban J connectivity index is 2.07. The Hall–Kier alpha value is -0.570. The van der Waals surface area contributed by atoms with E-state index < -0.39 is 0 Å². The highest BCUT2D eigenvalue weighted by Crippen LogP contribution is 2.16. The van der Waals surface area contributed by atoms with Crippen LogP contribution >= 0.6 is 0 Å². The van der Waals surface area contributed by atoms with Gasteiger partial charge in [-0.1, -0.05) is 6.92 Å². The number of nitrogens with one attached hydrogen (secondary N) is 1. The molecule has 0 aromatic rings. The molecule has 0 aromatic carbocycles. The van der Waals surface area contributed by atoms with Crippen LogP contribution < -0.4 is 5.73 Å². The minimum absolute atomic E-state index is 0.333. The van der Waals surface area contributed by atoms with Gasteiger partial charge in [0.15, 0.2) is 0 Å². The maximum atomic E-state index is 7.14. The van der Waals surface area contributed by atoms with Gasteiger partial charge in [0.25, 0.3) is 0 Å². The lowest BCUT2D eigenvalue weighted by Gasteiger charge is -2.19. The zero-order chi connectivity index (χ0) is 11.1. The van der Waals surface area contributed by atoms with E-state index in [1.54, 1.807) is 0 Å². The molecule has 1 rings (SSSR count). The van der Waals surface area contributed by atoms with E-state index in [2.05, 4.69) is 11.8 Å². The molecule has 0 amide bonds. The first-order valence-corrected chi connectivity index (χ1v) is 6.23. The maximum Gasteiger partial charge on any atom is 0.0905 e. The van der Waals surface area contributed by atoms with Crippen molar-refractivity contribution in [2.24, 2.45) is 11.7 Å². The van der Waals surface area contributed by atoms with Gasteiger partial charge in [-0.25, -0.2) is 0 Å². The van der Waals surface area contributed by atoms with Crippen molar-refractivity contribution in [1.29, 1.82) is 5.41 Å². The van der Waals surface area contributed by atoms with E-state index in [9.17, 15) is 0 Å². The van der Waals surface area contributed by atoms with Gasteiger partial charge in [-0.05, 0) is 57.7 Å². The molecular formula is C12H25N3. The third kappa shape index (κ3) is 5.78. The summed E-state index contributed by atoms with van der Waals surface area (Å²) in [5.74, 6) is 1.24. The predicted octanol–water partition coefficient (Wildman–Crippen LogP) is 2.21. The number of hydrogen-bond acceptors (Lipinski definition) is 2. The Morgan fingerprint density at radius 3 is 2.87 bits per heavy atom. The largest absolute Gasteiger partial charge is 0.388 e. The first-order chi connectivity index (χ1) is 7.18. The van der Waals surface area contributed by atoms with Crippen LogP contribution in [-0.2, 0) is 0 Å². The molecule has 1 aliphatic rings. The monoisotopic (exact) mass is 211 g/mol. The van der Waals surface area contributed by atoms with Crippen molar-refractivity contribution in [3.8, 4) is 0 Å². The van der Waals surface area contributed by atoms with Gasteiger partial charge in [-0.15, -0.1) is 0 Å².